The Morgan fingerprint density at radius 3 is 2.48 bits per heavy atom. The zero-order valence-electron chi connectivity index (χ0n) is 13.2. The normalized spacial score (nSPS) is 27.5. The highest BCUT2D eigenvalue weighted by Gasteiger charge is 2.49. The minimum Gasteiger partial charge on any atom is -0.462 e. The SMILES string of the molecule is CC(C)OC(=O)C1=CC2CCCC2(C(=O)OC(C)C)C=C1. The van der Waals surface area contributed by atoms with Gasteiger partial charge in [0.2, 0.25) is 0 Å². The molecule has 0 spiro atoms. The Balaban J connectivity index is 2.18. The molecule has 0 saturated heterocycles. The van der Waals surface area contributed by atoms with Crippen molar-refractivity contribution in [2.45, 2.75) is 59.2 Å². The van der Waals surface area contributed by atoms with Gasteiger partial charge in [-0.25, -0.2) is 4.79 Å². The van der Waals surface area contributed by atoms with Crippen LogP contribution in [0.25, 0.3) is 0 Å². The molecular weight excluding hydrogens is 268 g/mol. The largest absolute Gasteiger partial charge is 0.462 e. The molecule has 0 aromatic rings. The van der Waals surface area contributed by atoms with Gasteiger partial charge in [0.25, 0.3) is 0 Å². The zero-order valence-corrected chi connectivity index (χ0v) is 13.2. The molecule has 0 heterocycles. The van der Waals surface area contributed by atoms with Crippen LogP contribution in [0.5, 0.6) is 0 Å². The highest BCUT2D eigenvalue weighted by atomic mass is 16.5. The summed E-state index contributed by atoms with van der Waals surface area (Å²) in [5.41, 5.74) is -0.0464. The summed E-state index contributed by atoms with van der Waals surface area (Å²) in [5, 5.41) is 0. The number of ether oxygens (including phenoxy) is 2. The number of fused-ring (bicyclic) bond motifs is 1. The zero-order chi connectivity index (χ0) is 15.6. The third kappa shape index (κ3) is 3.20. The lowest BCUT2D eigenvalue weighted by Crippen LogP contribution is -2.37. The van der Waals surface area contributed by atoms with Crippen LogP contribution < -0.4 is 0 Å². The molecule has 1 saturated carbocycles. The van der Waals surface area contributed by atoms with Crippen molar-refractivity contribution < 1.29 is 19.1 Å². The molecule has 0 aromatic carbocycles. The third-order valence-corrected chi connectivity index (χ3v) is 4.01. The fraction of sp³-hybridized carbons (Fsp3) is 0.647. The van der Waals surface area contributed by atoms with Gasteiger partial charge in [-0.15, -0.1) is 0 Å². The first-order chi connectivity index (χ1) is 9.85. The first-order valence-corrected chi connectivity index (χ1v) is 7.68. The van der Waals surface area contributed by atoms with E-state index in [4.69, 9.17) is 9.47 Å². The maximum atomic E-state index is 12.4. The summed E-state index contributed by atoms with van der Waals surface area (Å²) < 4.78 is 10.6. The Labute approximate surface area is 126 Å². The van der Waals surface area contributed by atoms with Gasteiger partial charge in [-0.05, 0) is 46.5 Å². The molecule has 0 radical (unpaired) electrons. The molecule has 2 aliphatic rings. The van der Waals surface area contributed by atoms with E-state index < -0.39 is 5.41 Å². The van der Waals surface area contributed by atoms with Crippen molar-refractivity contribution in [2.24, 2.45) is 11.3 Å². The third-order valence-electron chi connectivity index (χ3n) is 4.01. The topological polar surface area (TPSA) is 52.6 Å². The number of esters is 2. The van der Waals surface area contributed by atoms with Crippen LogP contribution in [0.1, 0.15) is 47.0 Å². The van der Waals surface area contributed by atoms with Gasteiger partial charge < -0.3 is 9.47 Å². The smallest absolute Gasteiger partial charge is 0.338 e. The van der Waals surface area contributed by atoms with Crippen LogP contribution in [0.2, 0.25) is 0 Å². The van der Waals surface area contributed by atoms with E-state index in [2.05, 4.69) is 0 Å². The number of rotatable bonds is 4. The van der Waals surface area contributed by atoms with Crippen molar-refractivity contribution in [3.8, 4) is 0 Å². The second-order valence-corrected chi connectivity index (χ2v) is 6.40. The summed E-state index contributed by atoms with van der Waals surface area (Å²) in [7, 11) is 0. The Morgan fingerprint density at radius 1 is 1.19 bits per heavy atom. The van der Waals surface area contributed by atoms with E-state index in [0.29, 0.717) is 5.57 Å². The Kier molecular flexibility index (Phi) is 4.55. The van der Waals surface area contributed by atoms with Gasteiger partial charge in [0.1, 0.15) is 0 Å². The first-order valence-electron chi connectivity index (χ1n) is 7.68. The molecule has 0 bridgehead atoms. The van der Waals surface area contributed by atoms with E-state index in [1.54, 1.807) is 6.08 Å². The van der Waals surface area contributed by atoms with Gasteiger partial charge in [0, 0.05) is 0 Å². The van der Waals surface area contributed by atoms with Crippen LogP contribution in [0.15, 0.2) is 23.8 Å². The first kappa shape index (κ1) is 15.8. The highest BCUT2D eigenvalue weighted by Crippen LogP contribution is 2.49. The summed E-state index contributed by atoms with van der Waals surface area (Å²) in [4.78, 5) is 24.4. The average molecular weight is 292 g/mol. The average Bonchev–Trinajstić information content (AvgIpc) is 2.80. The summed E-state index contributed by atoms with van der Waals surface area (Å²) in [6.45, 7) is 7.36. The van der Waals surface area contributed by atoms with Gasteiger partial charge in [-0.1, -0.05) is 24.6 Å². The van der Waals surface area contributed by atoms with Crippen molar-refractivity contribution in [2.75, 3.05) is 0 Å². The standard InChI is InChI=1S/C17H24O4/c1-11(2)20-15(18)13-7-9-17(16(19)21-12(3)4)8-5-6-14(17)10-13/h7,9-12,14H,5-6,8H2,1-4H3. The van der Waals surface area contributed by atoms with Crippen LogP contribution >= 0.6 is 0 Å². The number of carbonyl (C=O) groups excluding carboxylic acids is 2. The van der Waals surface area contributed by atoms with Crippen molar-refractivity contribution >= 4 is 11.9 Å². The van der Waals surface area contributed by atoms with E-state index in [-0.39, 0.29) is 30.1 Å². The number of hydrogen-bond donors (Lipinski definition) is 0. The number of allylic oxidation sites excluding steroid dienone is 1. The molecule has 2 unspecified atom stereocenters. The summed E-state index contributed by atoms with van der Waals surface area (Å²) in [6.07, 6.45) is 7.83. The molecule has 0 aromatic heterocycles. The summed E-state index contributed by atoms with van der Waals surface area (Å²) in [6, 6.07) is 0. The van der Waals surface area contributed by atoms with Gasteiger partial charge in [0.05, 0.1) is 23.2 Å². The molecule has 21 heavy (non-hydrogen) atoms. The Morgan fingerprint density at radius 2 is 1.86 bits per heavy atom. The molecule has 2 aliphatic carbocycles. The molecule has 116 valence electrons. The van der Waals surface area contributed by atoms with Gasteiger partial charge >= 0.3 is 11.9 Å². The maximum Gasteiger partial charge on any atom is 0.338 e. The molecule has 0 amide bonds. The van der Waals surface area contributed by atoms with E-state index in [0.717, 1.165) is 19.3 Å². The second-order valence-electron chi connectivity index (χ2n) is 6.40. The minimum atomic E-state index is -0.591. The van der Waals surface area contributed by atoms with Crippen molar-refractivity contribution in [1.82, 2.24) is 0 Å². The van der Waals surface area contributed by atoms with E-state index in [1.807, 2.05) is 39.8 Å². The molecule has 2 atom stereocenters. The fourth-order valence-corrected chi connectivity index (χ4v) is 3.07. The molecule has 4 heteroatoms. The van der Waals surface area contributed by atoms with Crippen LogP contribution in [0.4, 0.5) is 0 Å². The summed E-state index contributed by atoms with van der Waals surface area (Å²) in [5.74, 6) is -0.466. The molecular formula is C17H24O4. The van der Waals surface area contributed by atoms with E-state index in [1.165, 1.54) is 0 Å². The molecule has 4 nitrogen and oxygen atoms in total. The molecule has 0 aliphatic heterocycles. The van der Waals surface area contributed by atoms with Crippen molar-refractivity contribution in [1.29, 1.82) is 0 Å². The van der Waals surface area contributed by atoms with Gasteiger partial charge in [0.15, 0.2) is 0 Å². The van der Waals surface area contributed by atoms with Crippen LogP contribution in [-0.2, 0) is 19.1 Å². The number of hydrogen-bond acceptors (Lipinski definition) is 4. The molecule has 0 N–H and O–H groups in total. The lowest BCUT2D eigenvalue weighted by Gasteiger charge is -2.32. The Bertz CT molecular complexity index is 487. The predicted octanol–water partition coefficient (Wildman–Crippen LogP) is 3.17. The van der Waals surface area contributed by atoms with Gasteiger partial charge in [-0.3, -0.25) is 4.79 Å². The van der Waals surface area contributed by atoms with Crippen LogP contribution in [0, 0.1) is 11.3 Å². The highest BCUT2D eigenvalue weighted by molar-refractivity contribution is 5.93. The lowest BCUT2D eigenvalue weighted by atomic mass is 9.73. The van der Waals surface area contributed by atoms with E-state index >= 15 is 0 Å². The van der Waals surface area contributed by atoms with Crippen molar-refractivity contribution in [3.63, 3.8) is 0 Å². The summed E-state index contributed by atoms with van der Waals surface area (Å²) >= 11 is 0. The molecule has 1 fully saturated rings. The maximum absolute atomic E-state index is 12.4. The predicted molar refractivity (Wildman–Crippen MR) is 79.5 cm³/mol. The fourth-order valence-electron chi connectivity index (χ4n) is 3.07. The van der Waals surface area contributed by atoms with Gasteiger partial charge in [-0.2, -0.15) is 0 Å². The quantitative estimate of drug-likeness (QED) is 0.747. The van der Waals surface area contributed by atoms with Crippen LogP contribution in [-0.4, -0.2) is 24.1 Å². The van der Waals surface area contributed by atoms with Crippen molar-refractivity contribution in [3.05, 3.63) is 23.8 Å². The molecule has 2 rings (SSSR count). The monoisotopic (exact) mass is 292 g/mol. The number of carbonyl (C=O) groups is 2. The second kappa shape index (κ2) is 6.04. The van der Waals surface area contributed by atoms with E-state index in [9.17, 15) is 9.59 Å². The lowest BCUT2D eigenvalue weighted by molar-refractivity contribution is -0.158. The Hall–Kier alpha value is -1.58. The van der Waals surface area contributed by atoms with Crippen LogP contribution in [0.3, 0.4) is 0 Å². The minimum absolute atomic E-state index is 0.0310.